The summed E-state index contributed by atoms with van der Waals surface area (Å²) in [6, 6.07) is 3.75. The van der Waals surface area contributed by atoms with Crippen LogP contribution in [0.5, 0.6) is 0 Å². The minimum atomic E-state index is -4.46. The van der Waals surface area contributed by atoms with Crippen molar-refractivity contribution >= 4 is 17.3 Å². The molecule has 0 radical (unpaired) electrons. The molecule has 24 heavy (non-hydrogen) atoms. The van der Waals surface area contributed by atoms with E-state index in [1.807, 2.05) is 11.9 Å². The number of carbonyl (C=O) groups excluding carboxylic acids is 1. The maximum Gasteiger partial charge on any atom is 0.416 e. The molecule has 0 heterocycles. The highest BCUT2D eigenvalue weighted by Gasteiger charge is 2.32. The Morgan fingerprint density at radius 2 is 1.96 bits per heavy atom. The van der Waals surface area contributed by atoms with E-state index in [0.29, 0.717) is 5.69 Å². The van der Waals surface area contributed by atoms with Crippen molar-refractivity contribution < 1.29 is 22.7 Å². The smallest absolute Gasteiger partial charge is 0.375 e. The van der Waals surface area contributed by atoms with Crippen LogP contribution in [0.1, 0.15) is 37.7 Å². The third-order valence-electron chi connectivity index (χ3n) is 4.38. The Kier molecular flexibility index (Phi) is 6.10. The summed E-state index contributed by atoms with van der Waals surface area (Å²) in [6.45, 7) is -0.206. The number of hydrogen-bond acceptors (Lipinski definition) is 3. The molecule has 0 atom stereocenters. The molecule has 1 aromatic rings. The fourth-order valence-electron chi connectivity index (χ4n) is 3.10. The van der Waals surface area contributed by atoms with Gasteiger partial charge in [0, 0.05) is 20.2 Å². The van der Waals surface area contributed by atoms with Crippen LogP contribution in [0.4, 0.5) is 24.5 Å². The average molecular weight is 344 g/mol. The van der Waals surface area contributed by atoms with Gasteiger partial charge in [0.15, 0.2) is 0 Å². The number of amides is 1. The molecule has 0 bridgehead atoms. The molecule has 1 aliphatic carbocycles. The first-order valence-corrected chi connectivity index (χ1v) is 8.06. The van der Waals surface area contributed by atoms with E-state index < -0.39 is 17.6 Å². The van der Waals surface area contributed by atoms with Crippen LogP contribution in [0.15, 0.2) is 18.2 Å². The Bertz CT molecular complexity index is 569. The lowest BCUT2D eigenvalue weighted by atomic mass is 9.94. The van der Waals surface area contributed by atoms with Crippen molar-refractivity contribution in [3.05, 3.63) is 23.8 Å². The predicted molar refractivity (Wildman–Crippen MR) is 87.2 cm³/mol. The zero-order chi connectivity index (χ0) is 17.7. The van der Waals surface area contributed by atoms with Crippen molar-refractivity contribution in [2.45, 2.75) is 44.3 Å². The number of nitrogens with zero attached hydrogens (tertiary/aromatic N) is 1. The molecule has 1 aromatic carbocycles. The minimum absolute atomic E-state index is 0.167. The fourth-order valence-corrected chi connectivity index (χ4v) is 3.10. The standard InChI is InChI=1S/C17H23F3N2O2/c1-22(13-6-4-3-5-7-13)15-9-8-12(17(18,19)20)10-14(15)21-16(23)11-24-2/h8-10,13H,3-7,11H2,1-2H3,(H,21,23). The largest absolute Gasteiger partial charge is 0.416 e. The molecule has 7 heteroatoms. The summed E-state index contributed by atoms with van der Waals surface area (Å²) in [5.41, 5.74) is -0.0182. The first kappa shape index (κ1) is 18.6. The van der Waals surface area contributed by atoms with Gasteiger partial charge in [-0.2, -0.15) is 13.2 Å². The lowest BCUT2D eigenvalue weighted by Gasteiger charge is -2.34. The van der Waals surface area contributed by atoms with E-state index in [9.17, 15) is 18.0 Å². The van der Waals surface area contributed by atoms with Gasteiger partial charge in [-0.15, -0.1) is 0 Å². The summed E-state index contributed by atoms with van der Waals surface area (Å²) in [4.78, 5) is 13.8. The molecule has 2 rings (SSSR count). The van der Waals surface area contributed by atoms with E-state index in [1.165, 1.54) is 19.6 Å². The SMILES string of the molecule is COCC(=O)Nc1cc(C(F)(F)F)ccc1N(C)C1CCCCC1. The van der Waals surface area contributed by atoms with E-state index in [2.05, 4.69) is 5.32 Å². The van der Waals surface area contributed by atoms with Gasteiger partial charge in [0.25, 0.3) is 0 Å². The Morgan fingerprint density at radius 1 is 1.29 bits per heavy atom. The number of halogens is 3. The second-order valence-electron chi connectivity index (χ2n) is 6.11. The number of nitrogens with one attached hydrogen (secondary N) is 1. The molecule has 1 fully saturated rings. The summed E-state index contributed by atoms with van der Waals surface area (Å²) in [6.07, 6.45) is 0.964. The van der Waals surface area contributed by atoms with Crippen molar-refractivity contribution in [2.75, 3.05) is 31.0 Å². The van der Waals surface area contributed by atoms with Crippen LogP contribution < -0.4 is 10.2 Å². The third-order valence-corrected chi connectivity index (χ3v) is 4.38. The summed E-state index contributed by atoms with van der Waals surface area (Å²) in [5, 5.41) is 2.54. The molecule has 134 valence electrons. The predicted octanol–water partition coefficient (Wildman–Crippen LogP) is 4.06. The Balaban J connectivity index is 2.31. The molecule has 0 aliphatic heterocycles. The number of ether oxygens (including phenoxy) is 1. The van der Waals surface area contributed by atoms with Crippen LogP contribution in [0, 0.1) is 0 Å². The molecule has 1 amide bonds. The van der Waals surface area contributed by atoms with Gasteiger partial charge in [0.1, 0.15) is 6.61 Å². The highest BCUT2D eigenvalue weighted by molar-refractivity contribution is 5.95. The molecule has 1 saturated carbocycles. The van der Waals surface area contributed by atoms with E-state index in [4.69, 9.17) is 4.74 Å². The lowest BCUT2D eigenvalue weighted by Crippen LogP contribution is -2.34. The fraction of sp³-hybridized carbons (Fsp3) is 0.588. The maximum absolute atomic E-state index is 13.0. The Hall–Kier alpha value is -1.76. The maximum atomic E-state index is 13.0. The zero-order valence-electron chi connectivity index (χ0n) is 13.9. The van der Waals surface area contributed by atoms with Gasteiger partial charge in [-0.3, -0.25) is 4.79 Å². The first-order valence-electron chi connectivity index (χ1n) is 8.06. The van der Waals surface area contributed by atoms with Gasteiger partial charge in [-0.05, 0) is 31.0 Å². The summed E-state index contributed by atoms with van der Waals surface area (Å²) < 4.78 is 43.7. The lowest BCUT2D eigenvalue weighted by molar-refractivity contribution is -0.137. The zero-order valence-corrected chi connectivity index (χ0v) is 13.9. The van der Waals surface area contributed by atoms with Crippen molar-refractivity contribution in [2.24, 2.45) is 0 Å². The van der Waals surface area contributed by atoms with E-state index in [0.717, 1.165) is 37.8 Å². The summed E-state index contributed by atoms with van der Waals surface area (Å²) >= 11 is 0. The highest BCUT2D eigenvalue weighted by Crippen LogP contribution is 2.37. The van der Waals surface area contributed by atoms with Crippen LogP contribution in [0.2, 0.25) is 0 Å². The second-order valence-corrected chi connectivity index (χ2v) is 6.11. The number of alkyl halides is 3. The van der Waals surface area contributed by atoms with Crippen LogP contribution in [-0.4, -0.2) is 32.7 Å². The van der Waals surface area contributed by atoms with Gasteiger partial charge in [-0.1, -0.05) is 19.3 Å². The molecule has 1 N–H and O–H groups in total. The molecular weight excluding hydrogens is 321 g/mol. The normalized spacial score (nSPS) is 16.0. The molecule has 0 aromatic heterocycles. The van der Waals surface area contributed by atoms with E-state index >= 15 is 0 Å². The van der Waals surface area contributed by atoms with Crippen molar-refractivity contribution in [3.63, 3.8) is 0 Å². The van der Waals surface area contributed by atoms with E-state index in [-0.39, 0.29) is 18.3 Å². The number of carbonyl (C=O) groups is 1. The molecule has 4 nitrogen and oxygen atoms in total. The highest BCUT2D eigenvalue weighted by atomic mass is 19.4. The monoisotopic (exact) mass is 344 g/mol. The van der Waals surface area contributed by atoms with Crippen LogP contribution >= 0.6 is 0 Å². The Morgan fingerprint density at radius 3 is 2.54 bits per heavy atom. The molecule has 0 spiro atoms. The number of methoxy groups -OCH3 is 1. The Labute approximate surface area is 140 Å². The van der Waals surface area contributed by atoms with Crippen LogP contribution in [0.25, 0.3) is 0 Å². The first-order chi connectivity index (χ1) is 11.3. The molecule has 1 aliphatic rings. The quantitative estimate of drug-likeness (QED) is 0.876. The molecular formula is C17H23F3N2O2. The average Bonchev–Trinajstić information content (AvgIpc) is 2.54. The number of hydrogen-bond donors (Lipinski definition) is 1. The van der Waals surface area contributed by atoms with Crippen molar-refractivity contribution in [3.8, 4) is 0 Å². The van der Waals surface area contributed by atoms with Gasteiger partial charge < -0.3 is 15.0 Å². The van der Waals surface area contributed by atoms with Gasteiger partial charge in [0.2, 0.25) is 5.91 Å². The molecule has 0 saturated heterocycles. The number of benzene rings is 1. The van der Waals surface area contributed by atoms with Gasteiger partial charge >= 0.3 is 6.18 Å². The van der Waals surface area contributed by atoms with Crippen LogP contribution in [-0.2, 0) is 15.7 Å². The summed E-state index contributed by atoms with van der Waals surface area (Å²) in [5.74, 6) is -0.477. The van der Waals surface area contributed by atoms with Gasteiger partial charge in [-0.25, -0.2) is 0 Å². The molecule has 0 unspecified atom stereocenters. The second kappa shape index (κ2) is 7.88. The van der Waals surface area contributed by atoms with Crippen LogP contribution in [0.3, 0.4) is 0 Å². The van der Waals surface area contributed by atoms with Gasteiger partial charge in [0.05, 0.1) is 16.9 Å². The number of rotatable bonds is 5. The summed E-state index contributed by atoms with van der Waals surface area (Å²) in [7, 11) is 3.23. The number of anilines is 2. The van der Waals surface area contributed by atoms with Crippen molar-refractivity contribution in [1.29, 1.82) is 0 Å². The minimum Gasteiger partial charge on any atom is -0.375 e. The van der Waals surface area contributed by atoms with Crippen molar-refractivity contribution in [1.82, 2.24) is 0 Å². The third kappa shape index (κ3) is 4.63. The topological polar surface area (TPSA) is 41.6 Å². The van der Waals surface area contributed by atoms with E-state index in [1.54, 1.807) is 0 Å².